The summed E-state index contributed by atoms with van der Waals surface area (Å²) in [7, 11) is -1.86. The number of hydrogen-bond donors (Lipinski definition) is 1. The van der Waals surface area contributed by atoms with Crippen LogP contribution in [0.3, 0.4) is 0 Å². The summed E-state index contributed by atoms with van der Waals surface area (Å²) >= 11 is 1.07. The molecule has 1 atom stereocenters. The van der Waals surface area contributed by atoms with Crippen LogP contribution in [0.2, 0.25) is 0 Å². The molecule has 26 heavy (non-hydrogen) atoms. The van der Waals surface area contributed by atoms with E-state index in [1.54, 1.807) is 25.2 Å². The molecule has 3 rings (SSSR count). The molecule has 6 nitrogen and oxygen atoms in total. The third-order valence-corrected chi connectivity index (χ3v) is 7.66. The van der Waals surface area contributed by atoms with Crippen molar-refractivity contribution in [3.8, 4) is 0 Å². The number of aryl methyl sites for hydroxylation is 1. The highest BCUT2D eigenvalue weighted by Gasteiger charge is 2.20. The lowest BCUT2D eigenvalue weighted by Crippen LogP contribution is -2.40. The van der Waals surface area contributed by atoms with Crippen LogP contribution in [-0.4, -0.2) is 43.6 Å². The average molecular weight is 398 g/mol. The van der Waals surface area contributed by atoms with Gasteiger partial charge in [0.2, 0.25) is 10.0 Å². The van der Waals surface area contributed by atoms with Crippen LogP contribution in [0.4, 0.5) is 0 Å². The van der Waals surface area contributed by atoms with E-state index < -0.39 is 10.0 Å². The van der Waals surface area contributed by atoms with Crippen LogP contribution in [0.25, 0.3) is 10.2 Å². The van der Waals surface area contributed by atoms with Crippen LogP contribution < -0.4 is 9.60 Å². The fourth-order valence-corrected chi connectivity index (χ4v) is 5.76. The van der Waals surface area contributed by atoms with E-state index in [-0.39, 0.29) is 9.77 Å². The highest BCUT2D eigenvalue weighted by Crippen LogP contribution is 2.21. The number of likely N-dealkylation sites (tertiary alicyclic amines) is 1. The average Bonchev–Trinajstić information content (AvgIpc) is 2.92. The Morgan fingerprint density at radius 2 is 2.12 bits per heavy atom. The summed E-state index contributed by atoms with van der Waals surface area (Å²) in [5.41, 5.74) is 0.759. The highest BCUT2D eigenvalue weighted by molar-refractivity contribution is 7.89. The Labute approximate surface area is 158 Å². The van der Waals surface area contributed by atoms with E-state index in [9.17, 15) is 13.2 Å². The van der Waals surface area contributed by atoms with E-state index >= 15 is 0 Å². The lowest BCUT2D eigenvalue weighted by Gasteiger charge is -2.35. The van der Waals surface area contributed by atoms with Crippen molar-refractivity contribution in [2.75, 3.05) is 19.6 Å². The van der Waals surface area contributed by atoms with Crippen molar-refractivity contribution in [1.29, 1.82) is 0 Å². The monoisotopic (exact) mass is 397 g/mol. The lowest BCUT2D eigenvalue weighted by atomic mass is 10.00. The first-order valence-electron chi connectivity index (χ1n) is 9.25. The third-order valence-electron chi connectivity index (χ3n) is 5.21. The minimum Gasteiger partial charge on any atom is -0.302 e. The smallest absolute Gasteiger partial charge is 0.302 e. The van der Waals surface area contributed by atoms with Crippen LogP contribution in [0.15, 0.2) is 27.9 Å². The van der Waals surface area contributed by atoms with E-state index in [0.29, 0.717) is 17.3 Å². The Hall–Kier alpha value is -1.22. The van der Waals surface area contributed by atoms with Crippen molar-refractivity contribution >= 4 is 31.6 Å². The molecular weight excluding hydrogens is 370 g/mol. The van der Waals surface area contributed by atoms with Crippen LogP contribution in [-0.2, 0) is 17.1 Å². The topological polar surface area (TPSA) is 71.4 Å². The fourth-order valence-electron chi connectivity index (χ4n) is 3.67. The molecule has 0 amide bonds. The number of thiazole rings is 1. The normalized spacial score (nSPS) is 19.2. The van der Waals surface area contributed by atoms with Crippen molar-refractivity contribution < 1.29 is 8.42 Å². The second-order valence-electron chi connectivity index (χ2n) is 6.90. The second kappa shape index (κ2) is 8.21. The maximum atomic E-state index is 12.5. The number of rotatable bonds is 7. The van der Waals surface area contributed by atoms with Gasteiger partial charge >= 0.3 is 4.87 Å². The predicted octanol–water partition coefficient (Wildman–Crippen LogP) is 2.53. The summed E-state index contributed by atoms with van der Waals surface area (Å²) in [5, 5.41) is 0. The molecule has 1 N–H and O–H groups in total. The minimum atomic E-state index is -3.55. The zero-order valence-corrected chi connectivity index (χ0v) is 17.0. The van der Waals surface area contributed by atoms with Gasteiger partial charge in [-0.1, -0.05) is 24.7 Å². The maximum absolute atomic E-state index is 12.5. The molecule has 1 aliphatic rings. The number of piperidine rings is 1. The summed E-state index contributed by atoms with van der Waals surface area (Å²) in [6.45, 7) is 4.70. The summed E-state index contributed by atoms with van der Waals surface area (Å²) in [6, 6.07) is 5.49. The third kappa shape index (κ3) is 4.19. The van der Waals surface area contributed by atoms with Gasteiger partial charge in [-0.25, -0.2) is 13.1 Å². The molecule has 1 fully saturated rings. The van der Waals surface area contributed by atoms with E-state index in [2.05, 4.69) is 16.5 Å². The molecule has 0 saturated carbocycles. The van der Waals surface area contributed by atoms with Crippen LogP contribution in [0, 0.1) is 0 Å². The van der Waals surface area contributed by atoms with Gasteiger partial charge in [-0.2, -0.15) is 0 Å². The standard InChI is InChI=1S/C18H27N3O3S2/c1-3-14-7-4-5-11-21(14)12-6-10-19-26(23,24)15-8-9-16-17(13-15)25-18(22)20(16)2/h8-9,13-14,19H,3-7,10-12H2,1-2H3/t14-/m1/s1. The van der Waals surface area contributed by atoms with Gasteiger partial charge in [0.25, 0.3) is 0 Å². The molecule has 2 aromatic rings. The number of hydrogen-bond acceptors (Lipinski definition) is 5. The Morgan fingerprint density at radius 3 is 2.88 bits per heavy atom. The zero-order valence-electron chi connectivity index (χ0n) is 15.4. The maximum Gasteiger partial charge on any atom is 0.307 e. The van der Waals surface area contributed by atoms with Gasteiger partial charge in [0.1, 0.15) is 0 Å². The molecule has 0 radical (unpaired) electrons. The first-order chi connectivity index (χ1) is 12.4. The van der Waals surface area contributed by atoms with Gasteiger partial charge < -0.3 is 9.47 Å². The number of benzene rings is 1. The molecule has 1 aromatic heterocycles. The van der Waals surface area contributed by atoms with Crippen LogP contribution >= 0.6 is 11.3 Å². The Bertz CT molecular complexity index is 917. The molecule has 0 unspecified atom stereocenters. The number of fused-ring (bicyclic) bond motifs is 1. The molecule has 2 heterocycles. The van der Waals surface area contributed by atoms with Gasteiger partial charge in [0.15, 0.2) is 0 Å². The molecule has 0 bridgehead atoms. The number of nitrogens with one attached hydrogen (secondary N) is 1. The molecule has 0 aliphatic carbocycles. The van der Waals surface area contributed by atoms with E-state index in [1.807, 2.05) is 0 Å². The lowest BCUT2D eigenvalue weighted by molar-refractivity contribution is 0.143. The van der Waals surface area contributed by atoms with Crippen molar-refractivity contribution in [1.82, 2.24) is 14.2 Å². The number of sulfonamides is 1. The zero-order chi connectivity index (χ0) is 18.7. The van der Waals surface area contributed by atoms with E-state index in [0.717, 1.165) is 42.8 Å². The molecule has 1 aliphatic heterocycles. The molecule has 144 valence electrons. The number of aromatic nitrogens is 1. The van der Waals surface area contributed by atoms with Gasteiger partial charge in [0, 0.05) is 19.6 Å². The molecule has 1 aromatic carbocycles. The van der Waals surface area contributed by atoms with Crippen LogP contribution in [0.1, 0.15) is 39.0 Å². The highest BCUT2D eigenvalue weighted by atomic mass is 32.2. The SMILES string of the molecule is CC[C@@H]1CCCCN1CCCNS(=O)(=O)c1ccc2c(c1)sc(=O)n2C. The van der Waals surface area contributed by atoms with Crippen molar-refractivity contribution in [3.63, 3.8) is 0 Å². The van der Waals surface area contributed by atoms with E-state index in [1.165, 1.54) is 23.8 Å². The van der Waals surface area contributed by atoms with Crippen molar-refractivity contribution in [2.45, 2.75) is 50.0 Å². The summed E-state index contributed by atoms with van der Waals surface area (Å²) in [5.74, 6) is 0. The second-order valence-corrected chi connectivity index (χ2v) is 9.66. The van der Waals surface area contributed by atoms with Gasteiger partial charge in [-0.15, -0.1) is 0 Å². The van der Waals surface area contributed by atoms with Crippen molar-refractivity contribution in [2.24, 2.45) is 7.05 Å². The quantitative estimate of drug-likeness (QED) is 0.729. The first kappa shape index (κ1) is 19.5. The molecule has 0 spiro atoms. The Kier molecular flexibility index (Phi) is 6.17. The molecule has 8 heteroatoms. The van der Waals surface area contributed by atoms with Gasteiger partial charge in [-0.3, -0.25) is 4.79 Å². The molecule has 1 saturated heterocycles. The van der Waals surface area contributed by atoms with Crippen LogP contribution in [0.5, 0.6) is 0 Å². The summed E-state index contributed by atoms with van der Waals surface area (Å²) in [4.78, 5) is 14.3. The van der Waals surface area contributed by atoms with Gasteiger partial charge in [0.05, 0.1) is 15.1 Å². The Balaban J connectivity index is 1.59. The Morgan fingerprint density at radius 1 is 1.31 bits per heavy atom. The fraction of sp³-hybridized carbons (Fsp3) is 0.611. The molecular formula is C18H27N3O3S2. The van der Waals surface area contributed by atoms with Gasteiger partial charge in [-0.05, 0) is 57.0 Å². The largest absolute Gasteiger partial charge is 0.307 e. The summed E-state index contributed by atoms with van der Waals surface area (Å²) in [6.07, 6.45) is 5.75. The summed E-state index contributed by atoms with van der Waals surface area (Å²) < 4.78 is 30.0. The number of nitrogens with zero attached hydrogens (tertiary/aromatic N) is 2. The first-order valence-corrected chi connectivity index (χ1v) is 11.6. The van der Waals surface area contributed by atoms with Crippen molar-refractivity contribution in [3.05, 3.63) is 27.9 Å². The predicted molar refractivity (Wildman–Crippen MR) is 106 cm³/mol. The minimum absolute atomic E-state index is 0.0884. The van der Waals surface area contributed by atoms with E-state index in [4.69, 9.17) is 0 Å².